The minimum absolute atomic E-state index is 0.0619. The Morgan fingerprint density at radius 2 is 2.14 bits per heavy atom. The molecule has 0 saturated heterocycles. The van der Waals surface area contributed by atoms with E-state index in [0.29, 0.717) is 24.2 Å². The number of hydrogen-bond donors (Lipinski definition) is 2. The molecule has 2 rings (SSSR count). The van der Waals surface area contributed by atoms with E-state index in [0.717, 1.165) is 19.3 Å². The van der Waals surface area contributed by atoms with E-state index in [1.165, 1.54) is 19.0 Å². The third kappa shape index (κ3) is 4.03. The molecule has 7 nitrogen and oxygen atoms in total. The van der Waals surface area contributed by atoms with Crippen LogP contribution in [0.1, 0.15) is 46.0 Å². The molecule has 1 heterocycles. The van der Waals surface area contributed by atoms with E-state index in [1.54, 1.807) is 0 Å². The molecule has 0 bridgehead atoms. The van der Waals surface area contributed by atoms with E-state index in [-0.39, 0.29) is 11.7 Å². The van der Waals surface area contributed by atoms with Crippen molar-refractivity contribution in [2.45, 2.75) is 52.0 Å². The van der Waals surface area contributed by atoms with E-state index < -0.39 is 4.92 Å². The maximum absolute atomic E-state index is 11.1. The smallest absolute Gasteiger partial charge is 0.329 e. The summed E-state index contributed by atoms with van der Waals surface area (Å²) >= 11 is 0. The van der Waals surface area contributed by atoms with Gasteiger partial charge in [0.15, 0.2) is 0 Å². The van der Waals surface area contributed by atoms with Gasteiger partial charge in [0, 0.05) is 12.6 Å². The average molecular weight is 293 g/mol. The van der Waals surface area contributed by atoms with Crippen LogP contribution in [0.2, 0.25) is 0 Å². The van der Waals surface area contributed by atoms with Crippen molar-refractivity contribution in [2.24, 2.45) is 5.92 Å². The number of aromatic nitrogens is 2. The van der Waals surface area contributed by atoms with Gasteiger partial charge in [0.1, 0.15) is 6.20 Å². The predicted octanol–water partition coefficient (Wildman–Crippen LogP) is 3.20. The van der Waals surface area contributed by atoms with Crippen LogP contribution >= 0.6 is 0 Å². The zero-order valence-electron chi connectivity index (χ0n) is 12.6. The molecule has 0 spiro atoms. The summed E-state index contributed by atoms with van der Waals surface area (Å²) < 4.78 is 0. The first-order valence-electron chi connectivity index (χ1n) is 7.63. The third-order valence-electron chi connectivity index (χ3n) is 3.98. The molecule has 0 radical (unpaired) electrons. The molecule has 116 valence electrons. The van der Waals surface area contributed by atoms with Crippen molar-refractivity contribution in [1.82, 2.24) is 9.97 Å². The van der Waals surface area contributed by atoms with E-state index in [9.17, 15) is 10.1 Å². The molecule has 1 aromatic rings. The van der Waals surface area contributed by atoms with Crippen molar-refractivity contribution in [1.29, 1.82) is 0 Å². The number of nitrogens with zero attached hydrogens (tertiary/aromatic N) is 3. The van der Waals surface area contributed by atoms with Gasteiger partial charge in [-0.05, 0) is 25.7 Å². The lowest BCUT2D eigenvalue weighted by molar-refractivity contribution is -0.384. The van der Waals surface area contributed by atoms with Crippen LogP contribution in [0.4, 0.5) is 17.5 Å². The lowest BCUT2D eigenvalue weighted by atomic mass is 9.97. The SMILES string of the molecule is CCNc1ncc([N+](=O)[O-])c(NC2CCCCCC2C)n1. The minimum atomic E-state index is -0.431. The van der Waals surface area contributed by atoms with Crippen LogP contribution in [-0.4, -0.2) is 27.5 Å². The van der Waals surface area contributed by atoms with Gasteiger partial charge in [-0.15, -0.1) is 0 Å². The quantitative estimate of drug-likeness (QED) is 0.492. The van der Waals surface area contributed by atoms with Gasteiger partial charge in [0.05, 0.1) is 4.92 Å². The molecule has 7 heteroatoms. The maximum Gasteiger partial charge on any atom is 0.329 e. The molecular weight excluding hydrogens is 270 g/mol. The minimum Gasteiger partial charge on any atom is -0.361 e. The number of rotatable bonds is 5. The van der Waals surface area contributed by atoms with Crippen LogP contribution in [0, 0.1) is 16.0 Å². The Morgan fingerprint density at radius 1 is 1.38 bits per heavy atom. The summed E-state index contributed by atoms with van der Waals surface area (Å²) in [6.45, 7) is 4.81. The Morgan fingerprint density at radius 3 is 2.86 bits per heavy atom. The zero-order chi connectivity index (χ0) is 15.2. The van der Waals surface area contributed by atoms with Crippen molar-refractivity contribution in [3.63, 3.8) is 0 Å². The Balaban J connectivity index is 2.22. The fraction of sp³-hybridized carbons (Fsp3) is 0.714. The molecule has 1 aliphatic carbocycles. The van der Waals surface area contributed by atoms with Crippen LogP contribution in [-0.2, 0) is 0 Å². The number of nitro groups is 1. The number of hydrogen-bond acceptors (Lipinski definition) is 6. The molecule has 1 saturated carbocycles. The normalized spacial score (nSPS) is 22.4. The maximum atomic E-state index is 11.1. The molecule has 0 aliphatic heterocycles. The van der Waals surface area contributed by atoms with Crippen molar-refractivity contribution < 1.29 is 4.92 Å². The molecule has 0 aromatic carbocycles. The average Bonchev–Trinajstić information content (AvgIpc) is 2.64. The van der Waals surface area contributed by atoms with Crippen LogP contribution in [0.3, 0.4) is 0 Å². The van der Waals surface area contributed by atoms with Gasteiger partial charge < -0.3 is 10.6 Å². The highest BCUT2D eigenvalue weighted by Gasteiger charge is 2.24. The fourth-order valence-corrected chi connectivity index (χ4v) is 2.74. The molecule has 21 heavy (non-hydrogen) atoms. The topological polar surface area (TPSA) is 93.0 Å². The van der Waals surface area contributed by atoms with Crippen molar-refractivity contribution >= 4 is 17.5 Å². The first kappa shape index (κ1) is 15.5. The summed E-state index contributed by atoms with van der Waals surface area (Å²) in [4.78, 5) is 19.0. The van der Waals surface area contributed by atoms with Crippen LogP contribution in [0.5, 0.6) is 0 Å². The van der Waals surface area contributed by atoms with Gasteiger partial charge >= 0.3 is 5.69 Å². The number of anilines is 2. The van der Waals surface area contributed by atoms with Crippen molar-refractivity contribution in [3.8, 4) is 0 Å². The summed E-state index contributed by atoms with van der Waals surface area (Å²) in [5.41, 5.74) is -0.0619. The van der Waals surface area contributed by atoms with Gasteiger partial charge in [-0.3, -0.25) is 10.1 Å². The molecule has 2 unspecified atom stereocenters. The van der Waals surface area contributed by atoms with Gasteiger partial charge in [-0.25, -0.2) is 4.98 Å². The summed E-state index contributed by atoms with van der Waals surface area (Å²) in [5.74, 6) is 1.24. The highest BCUT2D eigenvalue weighted by Crippen LogP contribution is 2.29. The molecule has 1 aromatic heterocycles. The standard InChI is InChI=1S/C14H23N5O2/c1-3-15-14-16-9-12(19(20)21)13(18-14)17-11-8-6-4-5-7-10(11)2/h9-11H,3-8H2,1-2H3,(H2,15,16,17,18). The van der Waals surface area contributed by atoms with Gasteiger partial charge in [-0.1, -0.05) is 26.2 Å². The largest absolute Gasteiger partial charge is 0.361 e. The Hall–Kier alpha value is -1.92. The van der Waals surface area contributed by atoms with Crippen LogP contribution < -0.4 is 10.6 Å². The van der Waals surface area contributed by atoms with E-state index in [2.05, 4.69) is 27.5 Å². The summed E-state index contributed by atoms with van der Waals surface area (Å²) in [6.07, 6.45) is 7.07. The molecule has 1 aliphatic rings. The van der Waals surface area contributed by atoms with Crippen molar-refractivity contribution in [3.05, 3.63) is 16.3 Å². The zero-order valence-corrected chi connectivity index (χ0v) is 12.6. The molecule has 2 atom stereocenters. The predicted molar refractivity (Wildman–Crippen MR) is 82.5 cm³/mol. The van der Waals surface area contributed by atoms with Gasteiger partial charge in [-0.2, -0.15) is 4.98 Å². The Kier molecular flexibility index (Phi) is 5.30. The highest BCUT2D eigenvalue weighted by molar-refractivity contribution is 5.57. The lowest BCUT2D eigenvalue weighted by Crippen LogP contribution is -2.27. The van der Waals surface area contributed by atoms with E-state index in [4.69, 9.17) is 0 Å². The molecular formula is C14H23N5O2. The second-order valence-corrected chi connectivity index (χ2v) is 5.58. The first-order chi connectivity index (χ1) is 10.1. The Labute approximate surface area is 124 Å². The monoisotopic (exact) mass is 293 g/mol. The van der Waals surface area contributed by atoms with Crippen LogP contribution in [0.25, 0.3) is 0 Å². The summed E-state index contributed by atoms with van der Waals surface area (Å²) in [6, 6.07) is 0.232. The molecule has 2 N–H and O–H groups in total. The summed E-state index contributed by atoms with van der Waals surface area (Å²) in [5, 5.41) is 17.4. The fourth-order valence-electron chi connectivity index (χ4n) is 2.74. The van der Waals surface area contributed by atoms with Gasteiger partial charge in [0.2, 0.25) is 11.8 Å². The second kappa shape index (κ2) is 7.19. The van der Waals surface area contributed by atoms with E-state index >= 15 is 0 Å². The second-order valence-electron chi connectivity index (χ2n) is 5.58. The van der Waals surface area contributed by atoms with E-state index in [1.807, 2.05) is 6.92 Å². The van der Waals surface area contributed by atoms with Crippen LogP contribution in [0.15, 0.2) is 6.20 Å². The Bertz CT molecular complexity index is 494. The van der Waals surface area contributed by atoms with Crippen molar-refractivity contribution in [2.75, 3.05) is 17.2 Å². The molecule has 0 amide bonds. The van der Waals surface area contributed by atoms with Gasteiger partial charge in [0.25, 0.3) is 0 Å². The lowest BCUT2D eigenvalue weighted by Gasteiger charge is -2.23. The summed E-state index contributed by atoms with van der Waals surface area (Å²) in [7, 11) is 0. The third-order valence-corrected chi connectivity index (χ3v) is 3.98. The first-order valence-corrected chi connectivity index (χ1v) is 7.63. The number of nitrogens with one attached hydrogen (secondary N) is 2. The highest BCUT2D eigenvalue weighted by atomic mass is 16.6. The molecule has 1 fully saturated rings.